The number of rotatable bonds is 2. The molecular weight excluding hydrogens is 309 g/mol. The van der Waals surface area contributed by atoms with Crippen molar-refractivity contribution in [1.82, 2.24) is 0 Å². The van der Waals surface area contributed by atoms with Crippen LogP contribution in [-0.4, -0.2) is 0 Å². The molecule has 0 amide bonds. The minimum Gasteiger partial charge on any atom is -0.207 e. The van der Waals surface area contributed by atoms with Gasteiger partial charge in [0.05, 0.1) is 0 Å². The van der Waals surface area contributed by atoms with Crippen LogP contribution < -0.4 is 0 Å². The second-order valence-corrected chi connectivity index (χ2v) is 5.99. The van der Waals surface area contributed by atoms with E-state index in [1.54, 1.807) is 26.0 Å². The Hall–Kier alpha value is -1.48. The van der Waals surface area contributed by atoms with Gasteiger partial charge in [0.25, 0.3) is 0 Å². The first-order chi connectivity index (χ1) is 10.3. The van der Waals surface area contributed by atoms with Crippen molar-refractivity contribution in [2.45, 2.75) is 39.5 Å². The number of benzene rings is 2. The largest absolute Gasteiger partial charge is 0.207 e. The van der Waals surface area contributed by atoms with Gasteiger partial charge in [0, 0.05) is 16.1 Å². The molecule has 0 aromatic heterocycles. The molecule has 22 heavy (non-hydrogen) atoms. The average molecular weight is 329 g/mol. The van der Waals surface area contributed by atoms with Crippen LogP contribution in [0.3, 0.4) is 0 Å². The monoisotopic (exact) mass is 328 g/mol. The number of hydrogen-bond acceptors (Lipinski definition) is 0. The molecule has 0 radical (unpaired) electrons. The van der Waals surface area contributed by atoms with Gasteiger partial charge >= 0.3 is 0 Å². The Kier molecular flexibility index (Phi) is 6.95. The predicted octanol–water partition coefficient (Wildman–Crippen LogP) is 6.69. The third-order valence-electron chi connectivity index (χ3n) is 3.15. The standard InChI is InChI=1S/C9H10ClF.C9H10F2/c2*1-6(2)9-7(10)4-3-5-8(9)11/h2*3-6H,1-2H3. The van der Waals surface area contributed by atoms with Gasteiger partial charge in [0.15, 0.2) is 0 Å². The van der Waals surface area contributed by atoms with Crippen LogP contribution in [0.15, 0.2) is 36.4 Å². The van der Waals surface area contributed by atoms with E-state index in [4.69, 9.17) is 11.6 Å². The Balaban J connectivity index is 0.000000220. The molecule has 0 atom stereocenters. The summed E-state index contributed by atoms with van der Waals surface area (Å²) in [5, 5.41) is 0.514. The summed E-state index contributed by atoms with van der Waals surface area (Å²) in [6.45, 7) is 7.37. The van der Waals surface area contributed by atoms with E-state index in [1.165, 1.54) is 24.3 Å². The van der Waals surface area contributed by atoms with Gasteiger partial charge in [-0.3, -0.25) is 0 Å². The van der Waals surface area contributed by atoms with Crippen LogP contribution in [0.5, 0.6) is 0 Å². The van der Waals surface area contributed by atoms with E-state index in [9.17, 15) is 13.2 Å². The summed E-state index contributed by atoms with van der Waals surface area (Å²) in [6.07, 6.45) is 0. The summed E-state index contributed by atoms with van der Waals surface area (Å²) >= 11 is 5.78. The van der Waals surface area contributed by atoms with Crippen LogP contribution in [0.1, 0.15) is 50.7 Å². The normalized spacial score (nSPS) is 10.6. The highest BCUT2D eigenvalue weighted by Crippen LogP contribution is 2.26. The van der Waals surface area contributed by atoms with Gasteiger partial charge in [0.2, 0.25) is 0 Å². The Morgan fingerprint density at radius 2 is 1.05 bits per heavy atom. The summed E-state index contributed by atoms with van der Waals surface area (Å²) in [6, 6.07) is 8.68. The fourth-order valence-electron chi connectivity index (χ4n) is 2.12. The quantitative estimate of drug-likeness (QED) is 0.576. The van der Waals surface area contributed by atoms with Crippen LogP contribution in [0.2, 0.25) is 5.02 Å². The minimum absolute atomic E-state index is 0.101. The van der Waals surface area contributed by atoms with Gasteiger partial charge in [-0.15, -0.1) is 0 Å². The molecule has 0 aliphatic heterocycles. The molecule has 2 aromatic rings. The smallest absolute Gasteiger partial charge is 0.129 e. The molecule has 0 bridgehead atoms. The summed E-state index contributed by atoms with van der Waals surface area (Å²) in [7, 11) is 0. The SMILES string of the molecule is CC(C)c1c(F)cccc1Cl.CC(C)c1c(F)cccc1F. The Labute approximate surface area is 134 Å². The third-order valence-corrected chi connectivity index (χ3v) is 3.48. The molecule has 120 valence electrons. The van der Waals surface area contributed by atoms with Gasteiger partial charge in [-0.1, -0.05) is 51.4 Å². The van der Waals surface area contributed by atoms with Crippen molar-refractivity contribution in [3.63, 3.8) is 0 Å². The molecule has 4 heteroatoms. The molecule has 0 N–H and O–H groups in total. The average Bonchev–Trinajstić information content (AvgIpc) is 2.38. The van der Waals surface area contributed by atoms with Crippen molar-refractivity contribution in [2.24, 2.45) is 0 Å². The van der Waals surface area contributed by atoms with Crippen molar-refractivity contribution in [2.75, 3.05) is 0 Å². The topological polar surface area (TPSA) is 0 Å². The molecule has 0 fully saturated rings. The highest BCUT2D eigenvalue weighted by atomic mass is 35.5. The van der Waals surface area contributed by atoms with E-state index >= 15 is 0 Å². The van der Waals surface area contributed by atoms with Crippen molar-refractivity contribution in [3.8, 4) is 0 Å². The van der Waals surface area contributed by atoms with Crippen molar-refractivity contribution >= 4 is 11.6 Å². The highest BCUT2D eigenvalue weighted by molar-refractivity contribution is 6.31. The zero-order chi connectivity index (χ0) is 16.9. The highest BCUT2D eigenvalue weighted by Gasteiger charge is 2.11. The zero-order valence-corrected chi connectivity index (χ0v) is 13.9. The van der Waals surface area contributed by atoms with Crippen molar-refractivity contribution in [1.29, 1.82) is 0 Å². The second kappa shape index (κ2) is 8.23. The maximum atomic E-state index is 13.0. The molecular formula is C18H20ClF3. The van der Waals surface area contributed by atoms with Crippen LogP contribution in [0.25, 0.3) is 0 Å². The van der Waals surface area contributed by atoms with E-state index < -0.39 is 11.6 Å². The van der Waals surface area contributed by atoms with Crippen LogP contribution in [0.4, 0.5) is 13.2 Å². The van der Waals surface area contributed by atoms with Gasteiger partial charge in [-0.2, -0.15) is 0 Å². The molecule has 0 unspecified atom stereocenters. The Bertz CT molecular complexity index is 526. The Morgan fingerprint density at radius 1 is 0.682 bits per heavy atom. The lowest BCUT2D eigenvalue weighted by atomic mass is 10.0. The lowest BCUT2D eigenvalue weighted by Crippen LogP contribution is -1.96. The van der Waals surface area contributed by atoms with Gasteiger partial charge < -0.3 is 0 Å². The predicted molar refractivity (Wildman–Crippen MR) is 85.9 cm³/mol. The van der Waals surface area contributed by atoms with Gasteiger partial charge in [-0.05, 0) is 36.1 Å². The molecule has 0 saturated carbocycles. The molecule has 0 heterocycles. The fraction of sp³-hybridized carbons (Fsp3) is 0.333. The molecule has 0 spiro atoms. The third kappa shape index (κ3) is 4.77. The van der Waals surface area contributed by atoms with E-state index in [0.29, 0.717) is 10.6 Å². The first-order valence-corrected chi connectivity index (χ1v) is 7.51. The van der Waals surface area contributed by atoms with Gasteiger partial charge in [0.1, 0.15) is 17.5 Å². The van der Waals surface area contributed by atoms with Crippen LogP contribution >= 0.6 is 11.6 Å². The van der Waals surface area contributed by atoms with Gasteiger partial charge in [-0.25, -0.2) is 13.2 Å². The lowest BCUT2D eigenvalue weighted by molar-refractivity contribution is 0.542. The van der Waals surface area contributed by atoms with E-state index in [0.717, 1.165) is 0 Å². The number of halogens is 4. The molecule has 0 aliphatic rings. The molecule has 2 aromatic carbocycles. The van der Waals surface area contributed by atoms with Crippen molar-refractivity contribution < 1.29 is 13.2 Å². The maximum absolute atomic E-state index is 13.0. The maximum Gasteiger partial charge on any atom is 0.129 e. The zero-order valence-electron chi connectivity index (χ0n) is 13.1. The summed E-state index contributed by atoms with van der Waals surface area (Å²) in [5.74, 6) is -1.09. The lowest BCUT2D eigenvalue weighted by Gasteiger charge is -2.07. The van der Waals surface area contributed by atoms with E-state index in [-0.39, 0.29) is 23.2 Å². The summed E-state index contributed by atoms with van der Waals surface area (Å²) < 4.78 is 38.7. The molecule has 0 saturated heterocycles. The second-order valence-electron chi connectivity index (χ2n) is 5.58. The minimum atomic E-state index is -0.458. The molecule has 0 aliphatic carbocycles. The van der Waals surface area contributed by atoms with Crippen molar-refractivity contribution in [3.05, 3.63) is 70.0 Å². The van der Waals surface area contributed by atoms with Crippen LogP contribution in [-0.2, 0) is 0 Å². The van der Waals surface area contributed by atoms with E-state index in [1.807, 2.05) is 13.8 Å². The fourth-order valence-corrected chi connectivity index (χ4v) is 2.51. The summed E-state index contributed by atoms with van der Waals surface area (Å²) in [5.41, 5.74) is 0.779. The Morgan fingerprint density at radius 3 is 1.32 bits per heavy atom. The molecule has 2 rings (SSSR count). The van der Waals surface area contributed by atoms with E-state index in [2.05, 4.69) is 0 Å². The first-order valence-electron chi connectivity index (χ1n) is 7.13. The first kappa shape index (κ1) is 18.6. The van der Waals surface area contributed by atoms with Crippen LogP contribution in [0, 0.1) is 17.5 Å². The molecule has 0 nitrogen and oxygen atoms in total. The number of hydrogen-bond donors (Lipinski definition) is 0. The summed E-state index contributed by atoms with van der Waals surface area (Å²) in [4.78, 5) is 0.